The lowest BCUT2D eigenvalue weighted by molar-refractivity contribution is -0.0519. The average Bonchev–Trinajstić information content (AvgIpc) is 3.26. The molecule has 1 aliphatic heterocycles. The molecule has 1 unspecified atom stereocenters. The summed E-state index contributed by atoms with van der Waals surface area (Å²) in [5.41, 5.74) is 2.56. The van der Waals surface area contributed by atoms with E-state index < -0.39 is 0 Å². The molecule has 0 radical (unpaired) electrons. The quantitative estimate of drug-likeness (QED) is 0.811. The van der Waals surface area contributed by atoms with Crippen LogP contribution in [0.3, 0.4) is 0 Å². The molecule has 1 atom stereocenters. The summed E-state index contributed by atoms with van der Waals surface area (Å²) in [7, 11) is 0. The highest BCUT2D eigenvalue weighted by Gasteiger charge is 2.33. The van der Waals surface area contributed by atoms with Crippen molar-refractivity contribution in [1.82, 2.24) is 30.1 Å². The van der Waals surface area contributed by atoms with Gasteiger partial charge in [0.1, 0.15) is 6.61 Å². The number of urea groups is 1. The zero-order chi connectivity index (χ0) is 19.7. The van der Waals surface area contributed by atoms with Crippen molar-refractivity contribution in [2.24, 2.45) is 0 Å². The van der Waals surface area contributed by atoms with Gasteiger partial charge in [0.2, 0.25) is 0 Å². The number of fused-ring (bicyclic) bond motifs is 1. The smallest absolute Gasteiger partial charge is 0.317 e. The topological polar surface area (TPSA) is 98.3 Å². The molecule has 2 aromatic heterocycles. The van der Waals surface area contributed by atoms with E-state index in [4.69, 9.17) is 9.26 Å². The minimum atomic E-state index is -0.0185. The van der Waals surface area contributed by atoms with Crippen molar-refractivity contribution in [3.8, 4) is 0 Å². The van der Waals surface area contributed by atoms with Crippen molar-refractivity contribution in [3.05, 3.63) is 29.2 Å². The first-order valence-corrected chi connectivity index (χ1v) is 10.1. The largest absolute Gasteiger partial charge is 0.365 e. The van der Waals surface area contributed by atoms with Gasteiger partial charge in [0.15, 0.2) is 5.82 Å². The normalized spacial score (nSPS) is 19.6. The third-order valence-corrected chi connectivity index (χ3v) is 5.41. The van der Waals surface area contributed by atoms with E-state index in [9.17, 15) is 4.79 Å². The van der Waals surface area contributed by atoms with E-state index in [1.165, 1.54) is 11.3 Å². The van der Waals surface area contributed by atoms with E-state index in [0.29, 0.717) is 30.8 Å². The minimum absolute atomic E-state index is 0.0167. The summed E-state index contributed by atoms with van der Waals surface area (Å²) < 4.78 is 12.9. The van der Waals surface area contributed by atoms with E-state index in [0.717, 1.165) is 25.7 Å². The summed E-state index contributed by atoms with van der Waals surface area (Å²) in [6.45, 7) is 7.70. The third kappa shape index (κ3) is 3.89. The first-order chi connectivity index (χ1) is 13.5. The Kier molecular flexibility index (Phi) is 5.34. The Bertz CT molecular complexity index is 824. The van der Waals surface area contributed by atoms with E-state index in [1.54, 1.807) is 4.90 Å². The van der Waals surface area contributed by atoms with Crippen LogP contribution < -0.4 is 5.32 Å². The van der Waals surface area contributed by atoms with Crippen LogP contribution in [-0.4, -0.2) is 56.1 Å². The second-order valence-corrected chi connectivity index (χ2v) is 7.84. The van der Waals surface area contributed by atoms with Crippen LogP contribution in [-0.2, 0) is 30.6 Å². The number of carbonyl (C=O) groups excluding carboxylic acids is 1. The second-order valence-electron chi connectivity index (χ2n) is 7.84. The van der Waals surface area contributed by atoms with Gasteiger partial charge in [-0.2, -0.15) is 10.1 Å². The van der Waals surface area contributed by atoms with Crippen LogP contribution in [0.1, 0.15) is 56.2 Å². The van der Waals surface area contributed by atoms with Crippen molar-refractivity contribution in [2.75, 3.05) is 13.1 Å². The van der Waals surface area contributed by atoms with E-state index >= 15 is 0 Å². The van der Waals surface area contributed by atoms with Crippen LogP contribution in [0.15, 0.2) is 10.7 Å². The van der Waals surface area contributed by atoms with Gasteiger partial charge in [0.05, 0.1) is 25.4 Å². The predicted molar refractivity (Wildman–Crippen MR) is 101 cm³/mol. The molecule has 3 heterocycles. The molecule has 9 nitrogen and oxygen atoms in total. The molecule has 0 aromatic carbocycles. The van der Waals surface area contributed by atoms with Gasteiger partial charge in [-0.05, 0) is 32.3 Å². The van der Waals surface area contributed by atoms with Crippen LogP contribution in [0.2, 0.25) is 0 Å². The lowest BCUT2D eigenvalue weighted by Crippen LogP contribution is -2.59. The summed E-state index contributed by atoms with van der Waals surface area (Å²) in [5.74, 6) is 1.17. The number of amides is 2. The lowest BCUT2D eigenvalue weighted by atomic mass is 9.93. The number of nitrogens with zero attached hydrogens (tertiary/aromatic N) is 5. The summed E-state index contributed by atoms with van der Waals surface area (Å²) >= 11 is 0. The maximum Gasteiger partial charge on any atom is 0.317 e. The van der Waals surface area contributed by atoms with Gasteiger partial charge in [-0.1, -0.05) is 12.1 Å². The Labute approximate surface area is 164 Å². The molecular weight excluding hydrogens is 360 g/mol. The zero-order valence-electron chi connectivity index (χ0n) is 16.7. The highest BCUT2D eigenvalue weighted by Crippen LogP contribution is 2.24. The summed E-state index contributed by atoms with van der Waals surface area (Å²) in [6, 6.07) is 0.466. The van der Waals surface area contributed by atoms with Crippen LogP contribution in [0.4, 0.5) is 4.79 Å². The van der Waals surface area contributed by atoms with E-state index in [1.807, 2.05) is 13.1 Å². The highest BCUT2D eigenvalue weighted by molar-refractivity contribution is 5.75. The van der Waals surface area contributed by atoms with Crippen LogP contribution in [0.5, 0.6) is 0 Å². The number of carbonyl (C=O) groups is 1. The molecule has 9 heteroatoms. The first kappa shape index (κ1) is 18.9. The fourth-order valence-electron chi connectivity index (χ4n) is 3.75. The van der Waals surface area contributed by atoms with Crippen LogP contribution >= 0.6 is 0 Å². The molecular formula is C19H28N6O3. The second kappa shape index (κ2) is 7.90. The van der Waals surface area contributed by atoms with Crippen LogP contribution in [0.25, 0.3) is 0 Å². The molecule has 2 aliphatic rings. The standard InChI is InChI=1S/C19H28N6O3/c1-4-17-22-18(28-23-17)11-27-15-9-24(10-15)19(26)21-14-6-5-13-8-20-25(12(2)3)16(13)7-14/h8,12,14-15H,4-7,9-11H2,1-3H3,(H,21,26). The minimum Gasteiger partial charge on any atom is -0.365 e. The number of hydrogen-bond acceptors (Lipinski definition) is 6. The molecule has 0 spiro atoms. The predicted octanol–water partition coefficient (Wildman–Crippen LogP) is 1.88. The van der Waals surface area contributed by atoms with Gasteiger partial charge in [0, 0.05) is 30.6 Å². The number of ether oxygens (including phenoxy) is 1. The molecule has 152 valence electrons. The Balaban J connectivity index is 1.22. The Hall–Kier alpha value is -2.42. The van der Waals surface area contributed by atoms with Crippen LogP contribution in [0, 0.1) is 0 Å². The number of aromatic nitrogens is 4. The average molecular weight is 388 g/mol. The van der Waals surface area contributed by atoms with Crippen molar-refractivity contribution in [1.29, 1.82) is 0 Å². The third-order valence-electron chi connectivity index (χ3n) is 5.41. The van der Waals surface area contributed by atoms with E-state index in [2.05, 4.69) is 39.1 Å². The molecule has 1 aliphatic carbocycles. The number of aryl methyl sites for hydroxylation is 2. The van der Waals surface area contributed by atoms with Crippen molar-refractivity contribution in [2.45, 2.75) is 71.2 Å². The van der Waals surface area contributed by atoms with Gasteiger partial charge in [-0.25, -0.2) is 4.79 Å². The maximum atomic E-state index is 12.5. The maximum absolute atomic E-state index is 12.5. The Morgan fingerprint density at radius 3 is 2.96 bits per heavy atom. The molecule has 2 aromatic rings. The molecule has 0 bridgehead atoms. The zero-order valence-corrected chi connectivity index (χ0v) is 16.7. The summed E-state index contributed by atoms with van der Waals surface area (Å²) in [6.07, 6.45) is 5.47. The van der Waals surface area contributed by atoms with Gasteiger partial charge >= 0.3 is 6.03 Å². The fourth-order valence-corrected chi connectivity index (χ4v) is 3.75. The van der Waals surface area contributed by atoms with Gasteiger partial charge < -0.3 is 19.5 Å². The van der Waals surface area contributed by atoms with Gasteiger partial charge in [-0.15, -0.1) is 0 Å². The molecule has 4 rings (SSSR count). The van der Waals surface area contributed by atoms with Gasteiger partial charge in [-0.3, -0.25) is 4.68 Å². The molecule has 2 amide bonds. The van der Waals surface area contributed by atoms with Crippen molar-refractivity contribution >= 4 is 6.03 Å². The van der Waals surface area contributed by atoms with E-state index in [-0.39, 0.29) is 24.8 Å². The van der Waals surface area contributed by atoms with Crippen molar-refractivity contribution < 1.29 is 14.1 Å². The summed E-state index contributed by atoms with van der Waals surface area (Å²) in [4.78, 5) is 18.5. The Morgan fingerprint density at radius 2 is 2.25 bits per heavy atom. The number of hydrogen-bond donors (Lipinski definition) is 1. The molecule has 1 fully saturated rings. The number of nitrogens with one attached hydrogen (secondary N) is 1. The molecule has 0 saturated carbocycles. The fraction of sp³-hybridized carbons (Fsp3) is 0.684. The Morgan fingerprint density at radius 1 is 1.43 bits per heavy atom. The van der Waals surface area contributed by atoms with Crippen molar-refractivity contribution in [3.63, 3.8) is 0 Å². The number of likely N-dealkylation sites (tertiary alicyclic amines) is 1. The number of rotatable bonds is 6. The molecule has 1 N–H and O–H groups in total. The first-order valence-electron chi connectivity index (χ1n) is 10.1. The van der Waals surface area contributed by atoms with Gasteiger partial charge in [0.25, 0.3) is 5.89 Å². The molecule has 1 saturated heterocycles. The monoisotopic (exact) mass is 388 g/mol. The highest BCUT2D eigenvalue weighted by atomic mass is 16.5. The molecule has 28 heavy (non-hydrogen) atoms. The SMILES string of the molecule is CCc1noc(COC2CN(C(=O)NC3CCc4cnn(C(C)C)c4C3)C2)n1. The lowest BCUT2D eigenvalue weighted by Gasteiger charge is -2.39. The summed E-state index contributed by atoms with van der Waals surface area (Å²) in [5, 5.41) is 11.5.